The largest absolute Gasteiger partial charge is 0.481 e. The fourth-order valence-electron chi connectivity index (χ4n) is 2.78. The first kappa shape index (κ1) is 23.8. The minimum atomic E-state index is -0.875. The van der Waals surface area contributed by atoms with Gasteiger partial charge in [0, 0.05) is 0 Å². The minimum Gasteiger partial charge on any atom is -0.481 e. The zero-order valence-electron chi connectivity index (χ0n) is 16.4. The predicted octanol–water partition coefficient (Wildman–Crippen LogP) is 6.45. The molecule has 1 N–H and O–H groups in total. The van der Waals surface area contributed by atoms with Gasteiger partial charge in [-0.3, -0.25) is 4.79 Å². The van der Waals surface area contributed by atoms with Crippen molar-refractivity contribution in [1.29, 1.82) is 0 Å². The summed E-state index contributed by atoms with van der Waals surface area (Å²) in [6.45, 7) is 6.60. The summed E-state index contributed by atoms with van der Waals surface area (Å²) in [6, 6.07) is 0. The van der Waals surface area contributed by atoms with E-state index in [0.717, 1.165) is 6.42 Å². The van der Waals surface area contributed by atoms with E-state index in [0.29, 0.717) is 6.61 Å². The summed E-state index contributed by atoms with van der Waals surface area (Å²) >= 11 is 0. The van der Waals surface area contributed by atoms with Crippen molar-refractivity contribution >= 4 is 5.97 Å². The van der Waals surface area contributed by atoms with Crippen molar-refractivity contribution in [3.63, 3.8) is 0 Å². The van der Waals surface area contributed by atoms with E-state index in [4.69, 9.17) is 14.6 Å². The van der Waals surface area contributed by atoms with Gasteiger partial charge in [0.05, 0.1) is 13.0 Å². The molecule has 0 aromatic carbocycles. The first-order chi connectivity index (χ1) is 12.2. The van der Waals surface area contributed by atoms with Gasteiger partial charge in [-0.2, -0.15) is 0 Å². The Morgan fingerprint density at radius 3 is 1.56 bits per heavy atom. The van der Waals surface area contributed by atoms with Crippen LogP contribution < -0.4 is 0 Å². The molecule has 0 amide bonds. The quantitative estimate of drug-likeness (QED) is 0.201. The van der Waals surface area contributed by atoms with Crippen LogP contribution in [0.25, 0.3) is 0 Å². The molecule has 148 valence electrons. The Morgan fingerprint density at radius 2 is 1.12 bits per heavy atom. The first-order valence-electron chi connectivity index (χ1n) is 10.3. The number of aliphatic carboxylic acids is 1. The van der Waals surface area contributed by atoms with E-state index in [2.05, 4.69) is 13.5 Å². The number of carbonyl (C=O) groups is 1. The summed E-state index contributed by atoms with van der Waals surface area (Å²) in [6.07, 6.45) is 18.6. The highest BCUT2D eigenvalue weighted by Crippen LogP contribution is 2.13. The lowest BCUT2D eigenvalue weighted by molar-refractivity contribution is -0.138. The molecule has 0 saturated carbocycles. The third kappa shape index (κ3) is 20.8. The molecule has 0 unspecified atom stereocenters. The molecule has 0 aliphatic carbocycles. The van der Waals surface area contributed by atoms with E-state index in [9.17, 15) is 4.79 Å². The van der Waals surface area contributed by atoms with Crippen LogP contribution in [0.3, 0.4) is 0 Å². The van der Waals surface area contributed by atoms with Crippen molar-refractivity contribution in [3.8, 4) is 0 Å². The van der Waals surface area contributed by atoms with Crippen molar-refractivity contribution in [2.24, 2.45) is 0 Å². The number of rotatable bonds is 20. The van der Waals surface area contributed by atoms with Gasteiger partial charge in [-0.15, -0.1) is 0 Å². The molecule has 0 spiro atoms. The highest BCUT2D eigenvalue weighted by atomic mass is 16.7. The highest BCUT2D eigenvalue weighted by Gasteiger charge is 2.00. The van der Waals surface area contributed by atoms with Crippen LogP contribution in [0.4, 0.5) is 0 Å². The van der Waals surface area contributed by atoms with E-state index >= 15 is 0 Å². The second-order valence-electron chi connectivity index (χ2n) is 6.81. The van der Waals surface area contributed by atoms with Gasteiger partial charge in [0.2, 0.25) is 0 Å². The molecule has 0 aromatic rings. The van der Waals surface area contributed by atoms with Crippen LogP contribution >= 0.6 is 0 Å². The maximum Gasteiger partial charge on any atom is 0.306 e. The van der Waals surface area contributed by atoms with Gasteiger partial charge in [0.1, 0.15) is 6.61 Å². The average Bonchev–Trinajstić information content (AvgIpc) is 2.58. The molecule has 0 aromatic heterocycles. The Hall–Kier alpha value is -1.19. The van der Waals surface area contributed by atoms with Crippen molar-refractivity contribution in [2.75, 3.05) is 13.2 Å². The summed E-state index contributed by atoms with van der Waals surface area (Å²) < 4.78 is 10.4. The maximum absolute atomic E-state index is 10.3. The fraction of sp³-hybridized carbons (Fsp3) is 0.857. The summed E-state index contributed by atoms with van der Waals surface area (Å²) in [7, 11) is 0. The van der Waals surface area contributed by atoms with Crippen LogP contribution in [0.2, 0.25) is 0 Å². The number of hydrogen-bond donors (Lipinski definition) is 1. The van der Waals surface area contributed by atoms with Gasteiger partial charge < -0.3 is 14.6 Å². The molecular weight excluding hydrogens is 316 g/mol. The van der Waals surface area contributed by atoms with Gasteiger partial charge in [-0.05, 0) is 13.0 Å². The molecule has 0 heterocycles. The fourth-order valence-corrected chi connectivity index (χ4v) is 2.78. The average molecular weight is 357 g/mol. The van der Waals surface area contributed by atoms with Gasteiger partial charge in [0.15, 0.2) is 0 Å². The zero-order valence-corrected chi connectivity index (χ0v) is 16.4. The lowest BCUT2D eigenvalue weighted by Gasteiger charge is -2.09. The zero-order chi connectivity index (χ0) is 18.6. The molecule has 0 rings (SSSR count). The third-order valence-corrected chi connectivity index (χ3v) is 4.34. The van der Waals surface area contributed by atoms with Crippen molar-refractivity contribution in [2.45, 2.75) is 103 Å². The topological polar surface area (TPSA) is 55.8 Å². The van der Waals surface area contributed by atoms with E-state index in [1.165, 1.54) is 83.5 Å². The lowest BCUT2D eigenvalue weighted by atomic mass is 10.0. The SMILES string of the molecule is C=C(OCCCCCCCCCCCCCCCC)OCCC(=O)O. The molecule has 0 fully saturated rings. The molecule has 4 heteroatoms. The van der Waals surface area contributed by atoms with Crippen LogP contribution in [-0.2, 0) is 14.3 Å². The Labute approximate surface area is 155 Å². The van der Waals surface area contributed by atoms with Gasteiger partial charge in [-0.25, -0.2) is 0 Å². The molecule has 0 saturated heterocycles. The summed E-state index contributed by atoms with van der Waals surface area (Å²) in [5.74, 6) is -0.643. The van der Waals surface area contributed by atoms with Gasteiger partial charge >= 0.3 is 5.97 Å². The van der Waals surface area contributed by atoms with Crippen LogP contribution in [0.1, 0.15) is 103 Å². The number of carboxylic acids is 1. The van der Waals surface area contributed by atoms with E-state index in [1.54, 1.807) is 0 Å². The highest BCUT2D eigenvalue weighted by molar-refractivity contribution is 5.66. The van der Waals surface area contributed by atoms with E-state index in [1.807, 2.05) is 0 Å². The molecule has 4 nitrogen and oxygen atoms in total. The van der Waals surface area contributed by atoms with Gasteiger partial charge in [-0.1, -0.05) is 90.4 Å². The third-order valence-electron chi connectivity index (χ3n) is 4.34. The molecule has 0 aliphatic heterocycles. The molecule has 0 radical (unpaired) electrons. The smallest absolute Gasteiger partial charge is 0.306 e. The van der Waals surface area contributed by atoms with Crippen LogP contribution in [0, 0.1) is 0 Å². The second-order valence-corrected chi connectivity index (χ2v) is 6.81. The molecular formula is C21H40O4. The molecule has 0 aliphatic rings. The standard InChI is InChI=1S/C21H40O4/c1-3-4-5-6-7-8-9-10-11-12-13-14-15-16-18-24-20(2)25-19-17-21(22)23/h2-19H2,1H3,(H,22,23). The van der Waals surface area contributed by atoms with E-state index < -0.39 is 5.97 Å². The summed E-state index contributed by atoms with van der Waals surface area (Å²) in [4.78, 5) is 10.3. The van der Waals surface area contributed by atoms with Crippen LogP contribution in [-0.4, -0.2) is 24.3 Å². The summed E-state index contributed by atoms with van der Waals surface area (Å²) in [5, 5.41) is 8.49. The predicted molar refractivity (Wildman–Crippen MR) is 104 cm³/mol. The maximum atomic E-state index is 10.3. The number of hydrogen-bond acceptors (Lipinski definition) is 3. The van der Waals surface area contributed by atoms with Crippen LogP contribution in [0.15, 0.2) is 12.5 Å². The number of ether oxygens (including phenoxy) is 2. The Balaban J connectivity index is 3.11. The lowest BCUT2D eigenvalue weighted by Crippen LogP contribution is -2.04. The van der Waals surface area contributed by atoms with Crippen molar-refractivity contribution < 1.29 is 19.4 Å². The van der Waals surface area contributed by atoms with Crippen LogP contribution in [0.5, 0.6) is 0 Å². The monoisotopic (exact) mass is 356 g/mol. The number of carboxylic acid groups (broad SMARTS) is 1. The Bertz CT molecular complexity index is 315. The minimum absolute atomic E-state index is 0.0266. The van der Waals surface area contributed by atoms with Crippen molar-refractivity contribution in [3.05, 3.63) is 12.5 Å². The second kappa shape index (κ2) is 19.1. The first-order valence-corrected chi connectivity index (χ1v) is 10.3. The number of unbranched alkanes of at least 4 members (excludes halogenated alkanes) is 13. The van der Waals surface area contributed by atoms with Crippen molar-refractivity contribution in [1.82, 2.24) is 0 Å². The Morgan fingerprint density at radius 1 is 0.720 bits per heavy atom. The molecule has 0 bridgehead atoms. The normalized spacial score (nSPS) is 10.6. The summed E-state index contributed by atoms with van der Waals surface area (Å²) in [5.41, 5.74) is 0. The Kier molecular flexibility index (Phi) is 18.2. The molecule has 25 heavy (non-hydrogen) atoms. The van der Waals surface area contributed by atoms with Gasteiger partial charge in [0.25, 0.3) is 5.95 Å². The molecule has 0 atom stereocenters. The van der Waals surface area contributed by atoms with E-state index in [-0.39, 0.29) is 19.0 Å².